The van der Waals surface area contributed by atoms with Crippen molar-refractivity contribution in [2.45, 2.75) is 25.7 Å². The molecule has 1 unspecified atom stereocenters. The second kappa shape index (κ2) is 9.21. The van der Waals surface area contributed by atoms with Crippen molar-refractivity contribution < 1.29 is 32.3 Å². The standard InChI is InChI=1S/C21H17F4N7O3/c1-11(10-33)32-7-15(14-5-27-6-16(22)19(14)32)20(35)12-2-13(4-26-3-12)28-18(34)9-31-8-17(29-30-31)21(23,24)25/h2-8,11,33H,9-10H2,1H3,(H,28,34). The van der Waals surface area contributed by atoms with E-state index in [4.69, 9.17) is 0 Å². The highest BCUT2D eigenvalue weighted by molar-refractivity contribution is 6.16. The van der Waals surface area contributed by atoms with E-state index in [2.05, 4.69) is 25.6 Å². The molecule has 2 N–H and O–H groups in total. The van der Waals surface area contributed by atoms with Crippen LogP contribution in [0.4, 0.5) is 23.2 Å². The van der Waals surface area contributed by atoms with Crippen LogP contribution in [0, 0.1) is 5.82 Å². The first-order valence-corrected chi connectivity index (χ1v) is 10.1. The summed E-state index contributed by atoms with van der Waals surface area (Å²) < 4.78 is 54.5. The molecule has 1 amide bonds. The van der Waals surface area contributed by atoms with Crippen LogP contribution in [0.25, 0.3) is 10.9 Å². The van der Waals surface area contributed by atoms with Crippen molar-refractivity contribution in [3.8, 4) is 0 Å². The molecule has 35 heavy (non-hydrogen) atoms. The SMILES string of the molecule is CC(CO)n1cc(C(=O)c2cncc(NC(=O)Cn3cc(C(F)(F)F)nn3)c2)c2cncc(F)c21. The molecule has 0 fully saturated rings. The average molecular weight is 491 g/mol. The summed E-state index contributed by atoms with van der Waals surface area (Å²) in [4.78, 5) is 33.2. The largest absolute Gasteiger partial charge is 0.436 e. The van der Waals surface area contributed by atoms with Crippen LogP contribution in [0.15, 0.2) is 43.2 Å². The number of rotatable bonds is 7. The minimum Gasteiger partial charge on any atom is -0.394 e. The lowest BCUT2D eigenvalue weighted by Crippen LogP contribution is -2.19. The van der Waals surface area contributed by atoms with Crippen molar-refractivity contribution in [3.05, 3.63) is 65.9 Å². The van der Waals surface area contributed by atoms with Crippen LogP contribution < -0.4 is 5.32 Å². The number of nitrogens with one attached hydrogen (secondary N) is 1. The number of nitrogens with zero attached hydrogens (tertiary/aromatic N) is 6. The van der Waals surface area contributed by atoms with Gasteiger partial charge >= 0.3 is 6.18 Å². The maximum absolute atomic E-state index is 14.5. The normalized spacial score (nSPS) is 12.6. The number of amides is 1. The quantitative estimate of drug-likeness (QED) is 0.300. The van der Waals surface area contributed by atoms with Gasteiger partial charge in [-0.05, 0) is 13.0 Å². The number of alkyl halides is 3. The summed E-state index contributed by atoms with van der Waals surface area (Å²) in [6.45, 7) is 0.801. The average Bonchev–Trinajstić information content (AvgIpc) is 3.44. The van der Waals surface area contributed by atoms with Crippen molar-refractivity contribution in [2.75, 3.05) is 11.9 Å². The third-order valence-corrected chi connectivity index (χ3v) is 5.09. The molecule has 0 aliphatic heterocycles. The predicted molar refractivity (Wildman–Crippen MR) is 113 cm³/mol. The van der Waals surface area contributed by atoms with E-state index in [9.17, 15) is 32.3 Å². The van der Waals surface area contributed by atoms with Gasteiger partial charge in [0, 0.05) is 35.1 Å². The van der Waals surface area contributed by atoms with Crippen molar-refractivity contribution in [1.82, 2.24) is 29.5 Å². The fraction of sp³-hybridized carbons (Fsp3) is 0.238. The number of anilines is 1. The van der Waals surface area contributed by atoms with Gasteiger partial charge < -0.3 is 15.0 Å². The number of aromatic nitrogens is 6. The second-order valence-electron chi connectivity index (χ2n) is 7.64. The molecule has 0 spiro atoms. The van der Waals surface area contributed by atoms with Crippen LogP contribution in [0.1, 0.15) is 34.6 Å². The van der Waals surface area contributed by atoms with E-state index < -0.39 is 42.0 Å². The molecule has 0 saturated carbocycles. The van der Waals surface area contributed by atoms with Gasteiger partial charge in [0.05, 0.1) is 42.4 Å². The summed E-state index contributed by atoms with van der Waals surface area (Å²) >= 11 is 0. The number of carbonyl (C=O) groups is 2. The molecule has 182 valence electrons. The first kappa shape index (κ1) is 23.9. The smallest absolute Gasteiger partial charge is 0.394 e. The van der Waals surface area contributed by atoms with Crippen LogP contribution in [-0.4, -0.2) is 52.9 Å². The molecule has 1 atom stereocenters. The van der Waals surface area contributed by atoms with E-state index in [0.717, 1.165) is 10.9 Å². The molecule has 4 heterocycles. The number of pyridine rings is 2. The van der Waals surface area contributed by atoms with Crippen LogP contribution in [0.5, 0.6) is 0 Å². The molecular formula is C21H17F4N7O3. The molecule has 0 saturated heterocycles. The Hall–Kier alpha value is -4.20. The van der Waals surface area contributed by atoms with E-state index in [-0.39, 0.29) is 34.3 Å². The first-order chi connectivity index (χ1) is 16.6. The van der Waals surface area contributed by atoms with Crippen molar-refractivity contribution in [2.24, 2.45) is 0 Å². The predicted octanol–water partition coefficient (Wildman–Crippen LogP) is 2.60. The number of aliphatic hydroxyl groups is 1. The van der Waals surface area contributed by atoms with Gasteiger partial charge in [-0.25, -0.2) is 9.07 Å². The lowest BCUT2D eigenvalue weighted by Gasteiger charge is -2.11. The summed E-state index contributed by atoms with van der Waals surface area (Å²) in [6.07, 6.45) is 2.14. The topological polar surface area (TPSA) is 128 Å². The number of ketones is 1. The zero-order valence-electron chi connectivity index (χ0n) is 18.0. The Labute approximate surface area is 194 Å². The third kappa shape index (κ3) is 4.87. The van der Waals surface area contributed by atoms with Crippen molar-refractivity contribution >= 4 is 28.3 Å². The van der Waals surface area contributed by atoms with Gasteiger partial charge in [0.25, 0.3) is 0 Å². The maximum atomic E-state index is 14.5. The first-order valence-electron chi connectivity index (χ1n) is 10.1. The number of halogens is 4. The van der Waals surface area contributed by atoms with Gasteiger partial charge in [-0.3, -0.25) is 19.6 Å². The Morgan fingerprint density at radius 1 is 1.14 bits per heavy atom. The van der Waals surface area contributed by atoms with Gasteiger partial charge in [-0.1, -0.05) is 5.21 Å². The van der Waals surface area contributed by atoms with Crippen molar-refractivity contribution in [1.29, 1.82) is 0 Å². The zero-order chi connectivity index (χ0) is 25.3. The Morgan fingerprint density at radius 2 is 1.89 bits per heavy atom. The molecule has 0 aliphatic carbocycles. The zero-order valence-corrected chi connectivity index (χ0v) is 18.0. The Morgan fingerprint density at radius 3 is 2.57 bits per heavy atom. The number of hydrogen-bond acceptors (Lipinski definition) is 7. The molecule has 4 aromatic rings. The van der Waals surface area contributed by atoms with Crippen LogP contribution in [0.3, 0.4) is 0 Å². The highest BCUT2D eigenvalue weighted by Gasteiger charge is 2.34. The summed E-state index contributed by atoms with van der Waals surface area (Å²) in [7, 11) is 0. The van der Waals surface area contributed by atoms with E-state index in [0.29, 0.717) is 6.20 Å². The molecule has 0 radical (unpaired) electrons. The summed E-state index contributed by atoms with van der Waals surface area (Å²) in [5.74, 6) is -1.93. The fourth-order valence-corrected chi connectivity index (χ4v) is 3.42. The number of carbonyl (C=O) groups excluding carboxylic acids is 2. The summed E-state index contributed by atoms with van der Waals surface area (Å²) in [5, 5.41) is 18.4. The van der Waals surface area contributed by atoms with Crippen LogP contribution in [-0.2, 0) is 17.5 Å². The number of fused-ring (bicyclic) bond motifs is 1. The summed E-state index contributed by atoms with van der Waals surface area (Å²) in [6, 6.07) is 0.801. The highest BCUT2D eigenvalue weighted by atomic mass is 19.4. The molecule has 0 aliphatic rings. The minimum atomic E-state index is -4.69. The monoisotopic (exact) mass is 491 g/mol. The molecule has 4 rings (SSSR count). The molecule has 4 aromatic heterocycles. The third-order valence-electron chi connectivity index (χ3n) is 5.09. The van der Waals surface area contributed by atoms with Gasteiger partial charge in [0.15, 0.2) is 17.3 Å². The van der Waals surface area contributed by atoms with Gasteiger partial charge in [0.2, 0.25) is 5.91 Å². The molecule has 0 aromatic carbocycles. The van der Waals surface area contributed by atoms with E-state index >= 15 is 0 Å². The maximum Gasteiger partial charge on any atom is 0.436 e. The minimum absolute atomic E-state index is 0.0582. The number of hydrogen-bond donors (Lipinski definition) is 2. The van der Waals surface area contributed by atoms with Gasteiger partial charge in [-0.2, -0.15) is 13.2 Å². The van der Waals surface area contributed by atoms with Crippen LogP contribution >= 0.6 is 0 Å². The van der Waals surface area contributed by atoms with Gasteiger partial charge in [-0.15, -0.1) is 5.10 Å². The molecular weight excluding hydrogens is 474 g/mol. The fourth-order valence-electron chi connectivity index (χ4n) is 3.42. The summed E-state index contributed by atoms with van der Waals surface area (Å²) in [5.41, 5.74) is -0.856. The highest BCUT2D eigenvalue weighted by Crippen LogP contribution is 2.29. The molecule has 10 nitrogen and oxygen atoms in total. The van der Waals surface area contributed by atoms with Gasteiger partial charge in [0.1, 0.15) is 6.54 Å². The number of aliphatic hydroxyl groups excluding tert-OH is 1. The molecule has 0 bridgehead atoms. The van der Waals surface area contributed by atoms with E-state index in [1.165, 1.54) is 35.4 Å². The van der Waals surface area contributed by atoms with E-state index in [1.807, 2.05) is 0 Å². The second-order valence-corrected chi connectivity index (χ2v) is 7.64. The Bertz CT molecular complexity index is 1410. The lowest BCUT2D eigenvalue weighted by atomic mass is 10.0. The lowest BCUT2D eigenvalue weighted by molar-refractivity contribution is -0.141. The Balaban J connectivity index is 1.57. The molecule has 14 heteroatoms. The van der Waals surface area contributed by atoms with Crippen molar-refractivity contribution in [3.63, 3.8) is 0 Å². The van der Waals surface area contributed by atoms with Crippen LogP contribution in [0.2, 0.25) is 0 Å². The van der Waals surface area contributed by atoms with E-state index in [1.54, 1.807) is 6.92 Å². The Kier molecular flexibility index (Phi) is 6.30.